The van der Waals surface area contributed by atoms with Gasteiger partial charge in [0.05, 0.1) is 17.3 Å². The Balaban J connectivity index is 1.39. The Kier molecular flexibility index (Phi) is 6.29. The second-order valence-corrected chi connectivity index (χ2v) is 7.05. The van der Waals surface area contributed by atoms with Crippen LogP contribution in [0.15, 0.2) is 24.3 Å². The summed E-state index contributed by atoms with van der Waals surface area (Å²) in [5.74, 6) is -0.893. The van der Waals surface area contributed by atoms with Crippen molar-refractivity contribution in [1.82, 2.24) is 10.2 Å². The molecule has 2 fully saturated rings. The van der Waals surface area contributed by atoms with E-state index in [0.29, 0.717) is 29.2 Å². The maximum absolute atomic E-state index is 12.0. The Morgan fingerprint density at radius 2 is 1.92 bits per heavy atom. The van der Waals surface area contributed by atoms with Crippen LogP contribution in [0, 0.1) is 5.92 Å². The lowest BCUT2D eigenvalue weighted by atomic mass is 9.95. The maximum Gasteiger partial charge on any atom is 0.313 e. The lowest BCUT2D eigenvalue weighted by Crippen LogP contribution is -2.45. The smallest absolute Gasteiger partial charge is 0.313 e. The number of amides is 2. The topological polar surface area (TPSA) is 70.7 Å². The van der Waals surface area contributed by atoms with Gasteiger partial charge < -0.3 is 15.4 Å². The second-order valence-electron chi connectivity index (χ2n) is 6.64. The minimum absolute atomic E-state index is 0.409. The third kappa shape index (κ3) is 4.93. The minimum Gasteiger partial charge on any atom is -0.380 e. The molecule has 0 aromatic heterocycles. The fourth-order valence-electron chi connectivity index (χ4n) is 3.39. The molecule has 0 bridgehead atoms. The van der Waals surface area contributed by atoms with Gasteiger partial charge in [0.2, 0.25) is 0 Å². The van der Waals surface area contributed by atoms with Crippen LogP contribution in [0.3, 0.4) is 0 Å². The average molecular weight is 366 g/mol. The van der Waals surface area contributed by atoms with Gasteiger partial charge in [0.1, 0.15) is 0 Å². The molecule has 0 aliphatic carbocycles. The van der Waals surface area contributed by atoms with Crippen molar-refractivity contribution in [3.63, 3.8) is 0 Å². The summed E-state index contributed by atoms with van der Waals surface area (Å²) in [6.07, 6.45) is 3.18. The molecule has 2 N–H and O–H groups in total. The highest BCUT2D eigenvalue weighted by molar-refractivity contribution is 6.41. The number of benzene rings is 1. The van der Waals surface area contributed by atoms with Gasteiger partial charge in [0, 0.05) is 19.2 Å². The van der Waals surface area contributed by atoms with Crippen LogP contribution in [0.2, 0.25) is 5.02 Å². The van der Waals surface area contributed by atoms with E-state index in [2.05, 4.69) is 15.5 Å². The molecule has 2 saturated heterocycles. The normalized spacial score (nSPS) is 21.9. The van der Waals surface area contributed by atoms with Gasteiger partial charge in [-0.15, -0.1) is 0 Å². The number of halogens is 1. The van der Waals surface area contributed by atoms with Crippen LogP contribution in [0.5, 0.6) is 0 Å². The van der Waals surface area contributed by atoms with Gasteiger partial charge in [-0.3, -0.25) is 14.5 Å². The van der Waals surface area contributed by atoms with Gasteiger partial charge in [0.15, 0.2) is 0 Å². The molecular weight excluding hydrogens is 342 g/mol. The number of ether oxygens (including phenoxy) is 1. The highest BCUT2D eigenvalue weighted by atomic mass is 35.5. The minimum atomic E-state index is -0.686. The maximum atomic E-state index is 12.0. The Bertz CT molecular complexity index is 611. The summed E-state index contributed by atoms with van der Waals surface area (Å²) >= 11 is 5.98. The summed E-state index contributed by atoms with van der Waals surface area (Å²) < 4.78 is 5.45. The van der Waals surface area contributed by atoms with Gasteiger partial charge >= 0.3 is 11.8 Å². The van der Waals surface area contributed by atoms with Crippen LogP contribution in [0.25, 0.3) is 0 Å². The molecule has 1 aromatic rings. The summed E-state index contributed by atoms with van der Waals surface area (Å²) in [6.45, 7) is 4.29. The van der Waals surface area contributed by atoms with Crippen LogP contribution in [-0.2, 0) is 14.3 Å². The molecule has 0 unspecified atom stereocenters. The molecule has 7 heteroatoms. The van der Waals surface area contributed by atoms with Crippen LogP contribution in [-0.4, -0.2) is 55.6 Å². The van der Waals surface area contributed by atoms with E-state index in [4.69, 9.17) is 16.3 Å². The molecule has 3 rings (SSSR count). The number of nitrogens with one attached hydrogen (secondary N) is 2. The first-order valence-corrected chi connectivity index (χ1v) is 9.17. The highest BCUT2D eigenvalue weighted by Crippen LogP contribution is 2.22. The van der Waals surface area contributed by atoms with Gasteiger partial charge in [-0.05, 0) is 50.4 Å². The van der Waals surface area contributed by atoms with E-state index in [9.17, 15) is 9.59 Å². The van der Waals surface area contributed by atoms with Gasteiger partial charge in [-0.25, -0.2) is 0 Å². The summed E-state index contributed by atoms with van der Waals surface area (Å²) in [7, 11) is 0. The van der Waals surface area contributed by atoms with Crippen molar-refractivity contribution in [2.75, 3.05) is 38.2 Å². The fourth-order valence-corrected chi connectivity index (χ4v) is 3.57. The number of nitrogens with zero attached hydrogens (tertiary/aromatic N) is 1. The predicted molar refractivity (Wildman–Crippen MR) is 96.6 cm³/mol. The largest absolute Gasteiger partial charge is 0.380 e. The molecule has 0 saturated carbocycles. The first-order chi connectivity index (χ1) is 12.1. The van der Waals surface area contributed by atoms with Crippen molar-refractivity contribution in [2.24, 2.45) is 5.92 Å². The molecule has 1 aromatic carbocycles. The van der Waals surface area contributed by atoms with E-state index in [1.54, 1.807) is 24.3 Å². The number of hydrogen-bond acceptors (Lipinski definition) is 4. The third-order valence-corrected chi connectivity index (χ3v) is 5.28. The standard InChI is InChI=1S/C18H24ClN3O3/c19-15-3-1-2-4-16(15)21-18(24)17(23)20-11-13-5-8-22(9-6-13)14-7-10-25-12-14/h1-4,13-14H,5-12H2,(H,20,23)(H,21,24)/t14-/m0/s1. The summed E-state index contributed by atoms with van der Waals surface area (Å²) in [5.41, 5.74) is 0.441. The van der Waals surface area contributed by atoms with Gasteiger partial charge in [0.25, 0.3) is 0 Å². The van der Waals surface area contributed by atoms with Crippen molar-refractivity contribution < 1.29 is 14.3 Å². The summed E-state index contributed by atoms with van der Waals surface area (Å²) in [4.78, 5) is 26.4. The van der Waals surface area contributed by atoms with Crippen LogP contribution in [0.1, 0.15) is 19.3 Å². The third-order valence-electron chi connectivity index (χ3n) is 4.95. The molecule has 0 radical (unpaired) electrons. The zero-order valence-electron chi connectivity index (χ0n) is 14.2. The Hall–Kier alpha value is -1.63. The zero-order valence-corrected chi connectivity index (χ0v) is 14.9. The molecule has 1 atom stereocenters. The number of likely N-dealkylation sites (tertiary alicyclic amines) is 1. The summed E-state index contributed by atoms with van der Waals surface area (Å²) in [5, 5.41) is 5.68. The van der Waals surface area contributed by atoms with E-state index in [0.717, 1.165) is 45.6 Å². The van der Waals surface area contributed by atoms with Crippen molar-refractivity contribution in [1.29, 1.82) is 0 Å². The Labute approximate surface area is 152 Å². The van der Waals surface area contributed by atoms with E-state index in [1.807, 2.05) is 0 Å². The van der Waals surface area contributed by atoms with Crippen molar-refractivity contribution in [2.45, 2.75) is 25.3 Å². The van der Waals surface area contributed by atoms with E-state index in [-0.39, 0.29) is 0 Å². The van der Waals surface area contributed by atoms with Crippen molar-refractivity contribution in [3.8, 4) is 0 Å². The van der Waals surface area contributed by atoms with Crippen LogP contribution < -0.4 is 10.6 Å². The molecule has 2 amide bonds. The number of carbonyl (C=O) groups is 2. The molecule has 6 nitrogen and oxygen atoms in total. The lowest BCUT2D eigenvalue weighted by Gasteiger charge is -2.35. The number of rotatable bonds is 4. The number of piperidine rings is 1. The van der Waals surface area contributed by atoms with Gasteiger partial charge in [-0.2, -0.15) is 0 Å². The molecular formula is C18H24ClN3O3. The predicted octanol–water partition coefficient (Wildman–Crippen LogP) is 1.90. The van der Waals surface area contributed by atoms with E-state index < -0.39 is 11.8 Å². The van der Waals surface area contributed by atoms with E-state index >= 15 is 0 Å². The molecule has 25 heavy (non-hydrogen) atoms. The SMILES string of the molecule is O=C(NCC1CCN([C@H]2CCOC2)CC1)C(=O)Nc1ccccc1Cl. The Morgan fingerprint density at radius 3 is 2.60 bits per heavy atom. The average Bonchev–Trinajstić information content (AvgIpc) is 3.16. The Morgan fingerprint density at radius 1 is 1.16 bits per heavy atom. The highest BCUT2D eigenvalue weighted by Gasteiger charge is 2.28. The molecule has 0 spiro atoms. The monoisotopic (exact) mass is 365 g/mol. The molecule has 2 aliphatic heterocycles. The van der Waals surface area contributed by atoms with Gasteiger partial charge in [-0.1, -0.05) is 23.7 Å². The lowest BCUT2D eigenvalue weighted by molar-refractivity contribution is -0.136. The van der Waals surface area contributed by atoms with Crippen molar-refractivity contribution >= 4 is 29.1 Å². The summed E-state index contributed by atoms with van der Waals surface area (Å²) in [6, 6.07) is 7.40. The second kappa shape index (κ2) is 8.65. The quantitative estimate of drug-likeness (QED) is 0.799. The number of para-hydroxylation sites is 1. The first-order valence-electron chi connectivity index (χ1n) is 8.79. The number of hydrogen-bond donors (Lipinski definition) is 2. The van der Waals surface area contributed by atoms with Crippen LogP contribution in [0.4, 0.5) is 5.69 Å². The first kappa shape index (κ1) is 18.2. The van der Waals surface area contributed by atoms with E-state index in [1.165, 1.54) is 0 Å². The number of anilines is 1. The molecule has 2 heterocycles. The zero-order chi connectivity index (χ0) is 17.6. The number of carbonyl (C=O) groups excluding carboxylic acids is 2. The fraction of sp³-hybridized carbons (Fsp3) is 0.556. The van der Waals surface area contributed by atoms with Crippen LogP contribution >= 0.6 is 11.6 Å². The van der Waals surface area contributed by atoms with Crippen molar-refractivity contribution in [3.05, 3.63) is 29.3 Å². The molecule has 2 aliphatic rings. The molecule has 136 valence electrons.